The lowest BCUT2D eigenvalue weighted by Crippen LogP contribution is -2.42. The predicted octanol–water partition coefficient (Wildman–Crippen LogP) is 2.08. The Bertz CT molecular complexity index is 1060. The Hall–Kier alpha value is -4.01. The Morgan fingerprint density at radius 1 is 1.19 bits per heavy atom. The largest absolute Gasteiger partial charge is 0.461 e. The maximum absolute atomic E-state index is 13.0. The number of ether oxygens (including phenoxy) is 1. The summed E-state index contributed by atoms with van der Waals surface area (Å²) in [6, 6.07) is 12.4. The molecule has 1 N–H and O–H groups in total. The third kappa shape index (κ3) is 4.61. The number of anilines is 1. The second-order valence-corrected chi connectivity index (χ2v) is 6.88. The standard InChI is InChI=1S/C22H22N6O3/c1-2-31-22(30)18-12-19(28(26-18)17-6-4-3-5-7-17)21(29)25-14-16-8-9-20(24-13-16)27-11-10-23-15-27/h3-11,13,15,19H,2,12,14H2,1H3,(H,25,29). The number of benzene rings is 1. The molecule has 1 atom stereocenters. The summed E-state index contributed by atoms with van der Waals surface area (Å²) in [5.74, 6) is 0.00899. The number of amides is 1. The van der Waals surface area contributed by atoms with Crippen LogP contribution in [0.3, 0.4) is 0 Å². The normalized spacial score (nSPS) is 15.5. The highest BCUT2D eigenvalue weighted by atomic mass is 16.5. The molecular formula is C22H22N6O3. The van der Waals surface area contributed by atoms with E-state index >= 15 is 0 Å². The van der Waals surface area contributed by atoms with Crippen LogP contribution in [0, 0.1) is 0 Å². The molecule has 0 saturated heterocycles. The van der Waals surface area contributed by atoms with E-state index in [2.05, 4.69) is 20.4 Å². The number of hydrogen-bond acceptors (Lipinski definition) is 7. The van der Waals surface area contributed by atoms with Crippen molar-refractivity contribution in [3.8, 4) is 5.82 Å². The number of imidazole rings is 1. The number of para-hydroxylation sites is 1. The van der Waals surface area contributed by atoms with Crippen LogP contribution < -0.4 is 10.3 Å². The van der Waals surface area contributed by atoms with Gasteiger partial charge in [-0.05, 0) is 30.7 Å². The molecule has 2 aromatic heterocycles. The zero-order valence-electron chi connectivity index (χ0n) is 17.0. The Morgan fingerprint density at radius 2 is 2.03 bits per heavy atom. The van der Waals surface area contributed by atoms with Gasteiger partial charge in [0.25, 0.3) is 0 Å². The number of aromatic nitrogens is 3. The minimum atomic E-state index is -0.639. The summed E-state index contributed by atoms with van der Waals surface area (Å²) in [5, 5.41) is 8.86. The topological polar surface area (TPSA) is 102 Å². The fourth-order valence-corrected chi connectivity index (χ4v) is 3.25. The highest BCUT2D eigenvalue weighted by molar-refractivity contribution is 6.38. The van der Waals surface area contributed by atoms with Gasteiger partial charge in [-0.1, -0.05) is 24.3 Å². The third-order valence-electron chi connectivity index (χ3n) is 4.79. The highest BCUT2D eigenvalue weighted by Crippen LogP contribution is 2.25. The summed E-state index contributed by atoms with van der Waals surface area (Å²) in [4.78, 5) is 33.5. The van der Waals surface area contributed by atoms with E-state index in [-0.39, 0.29) is 24.6 Å². The summed E-state index contributed by atoms with van der Waals surface area (Å²) in [7, 11) is 0. The quantitative estimate of drug-likeness (QED) is 0.590. The molecule has 0 fully saturated rings. The van der Waals surface area contributed by atoms with Crippen LogP contribution in [0.1, 0.15) is 18.9 Å². The SMILES string of the molecule is CCOC(=O)C1=NN(c2ccccc2)C(C(=O)NCc2ccc(-n3ccnc3)nc2)C1. The van der Waals surface area contributed by atoms with E-state index in [9.17, 15) is 9.59 Å². The van der Waals surface area contributed by atoms with Crippen LogP contribution in [0.25, 0.3) is 5.82 Å². The molecule has 3 aromatic rings. The van der Waals surface area contributed by atoms with Gasteiger partial charge in [0, 0.05) is 31.6 Å². The molecule has 1 aliphatic heterocycles. The van der Waals surface area contributed by atoms with Crippen molar-refractivity contribution in [3.05, 3.63) is 72.9 Å². The molecule has 0 radical (unpaired) electrons. The fraction of sp³-hybridized carbons (Fsp3) is 0.227. The van der Waals surface area contributed by atoms with E-state index in [0.29, 0.717) is 6.54 Å². The first kappa shape index (κ1) is 20.3. The zero-order chi connectivity index (χ0) is 21.6. The van der Waals surface area contributed by atoms with Crippen LogP contribution in [-0.2, 0) is 20.9 Å². The van der Waals surface area contributed by atoms with Crippen molar-refractivity contribution < 1.29 is 14.3 Å². The number of nitrogens with one attached hydrogen (secondary N) is 1. The highest BCUT2D eigenvalue weighted by Gasteiger charge is 2.36. The molecule has 0 saturated carbocycles. The van der Waals surface area contributed by atoms with E-state index in [4.69, 9.17) is 4.74 Å². The van der Waals surface area contributed by atoms with Crippen molar-refractivity contribution in [2.75, 3.05) is 11.6 Å². The van der Waals surface area contributed by atoms with Crippen LogP contribution in [0.2, 0.25) is 0 Å². The van der Waals surface area contributed by atoms with E-state index in [1.807, 2.05) is 48.7 Å². The minimum absolute atomic E-state index is 0.178. The summed E-state index contributed by atoms with van der Waals surface area (Å²) < 4.78 is 6.86. The van der Waals surface area contributed by atoms with Gasteiger partial charge in [-0.25, -0.2) is 14.8 Å². The van der Waals surface area contributed by atoms with Gasteiger partial charge in [-0.2, -0.15) is 5.10 Å². The number of pyridine rings is 1. The lowest BCUT2D eigenvalue weighted by Gasteiger charge is -2.22. The number of rotatable bonds is 7. The molecule has 158 valence electrons. The van der Waals surface area contributed by atoms with E-state index in [1.165, 1.54) is 0 Å². The predicted molar refractivity (Wildman–Crippen MR) is 115 cm³/mol. The van der Waals surface area contributed by atoms with E-state index in [0.717, 1.165) is 17.1 Å². The second kappa shape index (κ2) is 9.21. The van der Waals surface area contributed by atoms with Crippen molar-refractivity contribution >= 4 is 23.3 Å². The molecule has 9 nitrogen and oxygen atoms in total. The molecular weight excluding hydrogens is 396 g/mol. The zero-order valence-corrected chi connectivity index (χ0v) is 17.0. The molecule has 0 bridgehead atoms. The number of hydrazone groups is 1. The van der Waals surface area contributed by atoms with Crippen LogP contribution in [0.15, 0.2) is 72.5 Å². The monoisotopic (exact) mass is 418 g/mol. The maximum Gasteiger partial charge on any atom is 0.354 e. The Balaban J connectivity index is 1.44. The number of esters is 1. The maximum atomic E-state index is 13.0. The molecule has 1 amide bonds. The molecule has 1 aromatic carbocycles. The van der Waals surface area contributed by atoms with Crippen molar-refractivity contribution in [2.45, 2.75) is 25.9 Å². The Morgan fingerprint density at radius 3 is 2.71 bits per heavy atom. The summed E-state index contributed by atoms with van der Waals surface area (Å²) >= 11 is 0. The van der Waals surface area contributed by atoms with Gasteiger partial charge in [-0.15, -0.1) is 0 Å². The first-order valence-electron chi connectivity index (χ1n) is 9.95. The van der Waals surface area contributed by atoms with Crippen molar-refractivity contribution in [3.63, 3.8) is 0 Å². The van der Waals surface area contributed by atoms with Crippen molar-refractivity contribution in [1.29, 1.82) is 0 Å². The molecule has 9 heteroatoms. The van der Waals surface area contributed by atoms with Crippen LogP contribution in [0.4, 0.5) is 5.69 Å². The average Bonchev–Trinajstić information content (AvgIpc) is 3.49. The van der Waals surface area contributed by atoms with E-state index < -0.39 is 12.0 Å². The van der Waals surface area contributed by atoms with E-state index in [1.54, 1.807) is 35.2 Å². The van der Waals surface area contributed by atoms with Gasteiger partial charge in [-0.3, -0.25) is 14.4 Å². The molecule has 0 aliphatic carbocycles. The lowest BCUT2D eigenvalue weighted by molar-refractivity contribution is -0.135. The fourth-order valence-electron chi connectivity index (χ4n) is 3.25. The van der Waals surface area contributed by atoms with Crippen LogP contribution >= 0.6 is 0 Å². The molecule has 4 rings (SSSR count). The van der Waals surface area contributed by atoms with Gasteiger partial charge in [0.05, 0.1) is 12.3 Å². The van der Waals surface area contributed by atoms with Crippen molar-refractivity contribution in [2.24, 2.45) is 5.10 Å². The van der Waals surface area contributed by atoms with Gasteiger partial charge in [0.15, 0.2) is 0 Å². The lowest BCUT2D eigenvalue weighted by atomic mass is 10.1. The minimum Gasteiger partial charge on any atom is -0.461 e. The van der Waals surface area contributed by atoms with Gasteiger partial charge in [0.1, 0.15) is 23.9 Å². The number of carbonyl (C=O) groups excluding carboxylic acids is 2. The molecule has 0 spiro atoms. The van der Waals surface area contributed by atoms with Gasteiger partial charge >= 0.3 is 5.97 Å². The smallest absolute Gasteiger partial charge is 0.354 e. The first-order valence-corrected chi connectivity index (χ1v) is 9.95. The summed E-state index contributed by atoms with van der Waals surface area (Å²) in [6.45, 7) is 2.30. The van der Waals surface area contributed by atoms with Crippen LogP contribution in [0.5, 0.6) is 0 Å². The first-order chi connectivity index (χ1) is 15.2. The number of carbonyl (C=O) groups is 2. The van der Waals surface area contributed by atoms with Crippen molar-refractivity contribution in [1.82, 2.24) is 19.9 Å². The molecule has 1 aliphatic rings. The number of hydrogen-bond donors (Lipinski definition) is 1. The Kier molecular flexibility index (Phi) is 6.02. The average molecular weight is 418 g/mol. The summed E-state index contributed by atoms with van der Waals surface area (Å²) in [5.41, 5.74) is 1.82. The molecule has 31 heavy (non-hydrogen) atoms. The Labute approximate surface area is 179 Å². The number of nitrogens with zero attached hydrogens (tertiary/aromatic N) is 5. The van der Waals surface area contributed by atoms with Crippen LogP contribution in [-0.4, -0.2) is 44.8 Å². The summed E-state index contributed by atoms with van der Waals surface area (Å²) in [6.07, 6.45) is 7.05. The third-order valence-corrected chi connectivity index (χ3v) is 4.79. The molecule has 3 heterocycles. The second-order valence-electron chi connectivity index (χ2n) is 6.88. The molecule has 1 unspecified atom stereocenters. The van der Waals surface area contributed by atoms with Gasteiger partial charge in [0.2, 0.25) is 5.91 Å². The van der Waals surface area contributed by atoms with Gasteiger partial charge < -0.3 is 10.1 Å².